The molecule has 0 aliphatic rings. The summed E-state index contributed by atoms with van der Waals surface area (Å²) in [6.07, 6.45) is 80.1. The Bertz CT molecular complexity index is 2420. The molecule has 0 aliphatic carbocycles. The van der Waals surface area contributed by atoms with E-state index in [4.69, 9.17) is 37.0 Å². The van der Waals surface area contributed by atoms with Gasteiger partial charge in [0.25, 0.3) is 0 Å². The number of hydrogen-bond donors (Lipinski definition) is 3. The first-order valence-electron chi connectivity index (χ1n) is 38.4. The number of ether oxygens (including phenoxy) is 4. The molecule has 0 fully saturated rings. The normalized spacial score (nSPS) is 14.7. The summed E-state index contributed by atoms with van der Waals surface area (Å²) >= 11 is 0. The van der Waals surface area contributed by atoms with E-state index < -0.39 is 97.5 Å². The van der Waals surface area contributed by atoms with Crippen LogP contribution in [0.1, 0.15) is 297 Å². The van der Waals surface area contributed by atoms with Crippen molar-refractivity contribution in [3.63, 3.8) is 0 Å². The van der Waals surface area contributed by atoms with Gasteiger partial charge >= 0.3 is 39.5 Å². The summed E-state index contributed by atoms with van der Waals surface area (Å²) in [4.78, 5) is 72.9. The van der Waals surface area contributed by atoms with Gasteiger partial charge in [0.1, 0.15) is 19.3 Å². The van der Waals surface area contributed by atoms with Crippen molar-refractivity contribution in [1.29, 1.82) is 0 Å². The van der Waals surface area contributed by atoms with E-state index in [9.17, 15) is 43.2 Å². The van der Waals surface area contributed by atoms with E-state index in [1.165, 1.54) is 44.9 Å². The first-order valence-corrected chi connectivity index (χ1v) is 41.4. The Morgan fingerprint density at radius 1 is 0.290 bits per heavy atom. The minimum absolute atomic E-state index is 0.0692. The van der Waals surface area contributed by atoms with E-state index in [0.29, 0.717) is 25.7 Å². The Kier molecular flexibility index (Phi) is 69.1. The summed E-state index contributed by atoms with van der Waals surface area (Å²) in [7, 11) is -9.98. The van der Waals surface area contributed by atoms with E-state index >= 15 is 0 Å². The number of rotatable bonds is 71. The van der Waals surface area contributed by atoms with Crippen LogP contribution in [-0.4, -0.2) is 96.7 Å². The fraction of sp³-hybridized carbons (Fsp3) is 0.679. The van der Waals surface area contributed by atoms with Crippen molar-refractivity contribution in [2.24, 2.45) is 0 Å². The molecule has 0 spiro atoms. The van der Waals surface area contributed by atoms with Gasteiger partial charge in [-0.3, -0.25) is 37.3 Å². The van der Waals surface area contributed by atoms with Crippen molar-refractivity contribution < 1.29 is 80.2 Å². The van der Waals surface area contributed by atoms with Gasteiger partial charge in [-0.25, -0.2) is 9.13 Å². The number of aliphatic hydroxyl groups is 1. The van der Waals surface area contributed by atoms with Gasteiger partial charge in [-0.15, -0.1) is 0 Å². The summed E-state index contributed by atoms with van der Waals surface area (Å²) < 4.78 is 68.4. The van der Waals surface area contributed by atoms with Crippen LogP contribution in [0.4, 0.5) is 0 Å². The molecule has 0 saturated carbocycles. The third-order valence-corrected chi connectivity index (χ3v) is 17.5. The van der Waals surface area contributed by atoms with Crippen LogP contribution in [-0.2, 0) is 65.4 Å². The lowest BCUT2D eigenvalue weighted by Crippen LogP contribution is -2.30. The van der Waals surface area contributed by atoms with Gasteiger partial charge in [-0.05, 0) is 161 Å². The minimum Gasteiger partial charge on any atom is -0.462 e. The van der Waals surface area contributed by atoms with E-state index in [-0.39, 0.29) is 25.7 Å². The van der Waals surface area contributed by atoms with Crippen LogP contribution in [0.15, 0.2) is 134 Å². The summed E-state index contributed by atoms with van der Waals surface area (Å²) in [6.45, 7) is 4.50. The first-order chi connectivity index (χ1) is 48.7. The predicted molar refractivity (Wildman–Crippen MR) is 408 cm³/mol. The molecule has 0 heterocycles. The quantitative estimate of drug-likeness (QED) is 0.0169. The molecular formula is C81H136O17P2. The highest BCUT2D eigenvalue weighted by molar-refractivity contribution is 7.47. The second-order valence-electron chi connectivity index (χ2n) is 25.2. The minimum atomic E-state index is -4.99. The number of phosphoric ester groups is 2. The Balaban J connectivity index is 5.43. The molecule has 0 aromatic heterocycles. The van der Waals surface area contributed by atoms with Gasteiger partial charge < -0.3 is 33.8 Å². The molecule has 572 valence electrons. The molecule has 100 heavy (non-hydrogen) atoms. The highest BCUT2D eigenvalue weighted by atomic mass is 31.2. The van der Waals surface area contributed by atoms with Crippen LogP contribution in [0, 0.1) is 0 Å². The second kappa shape index (κ2) is 72.5. The maximum absolute atomic E-state index is 13.1. The fourth-order valence-corrected chi connectivity index (χ4v) is 11.3. The van der Waals surface area contributed by atoms with Gasteiger partial charge in [0.05, 0.1) is 26.4 Å². The maximum atomic E-state index is 13.1. The lowest BCUT2D eigenvalue weighted by molar-refractivity contribution is -0.161. The zero-order chi connectivity index (χ0) is 73.2. The maximum Gasteiger partial charge on any atom is 0.472 e. The number of hydrogen-bond acceptors (Lipinski definition) is 15. The average molecular weight is 1440 g/mol. The van der Waals surface area contributed by atoms with Crippen molar-refractivity contribution in [1.82, 2.24) is 0 Å². The fourth-order valence-electron chi connectivity index (χ4n) is 9.75. The Hall–Kier alpha value is -4.80. The zero-order valence-corrected chi connectivity index (χ0v) is 64.1. The highest BCUT2D eigenvalue weighted by Gasteiger charge is 2.30. The largest absolute Gasteiger partial charge is 0.472 e. The van der Waals surface area contributed by atoms with Crippen LogP contribution in [0.3, 0.4) is 0 Å². The molecule has 0 amide bonds. The highest BCUT2D eigenvalue weighted by Crippen LogP contribution is 2.45. The number of aliphatic hydroxyl groups excluding tert-OH is 1. The standard InChI is InChI=1S/C81H136O17P2/c1-5-9-13-17-21-25-29-33-36-37-40-43-46-50-54-58-62-66-79(84)92-72-77(98-81(86)68-64-60-56-52-48-44-39-35-31-27-23-19-15-11-7-3)74-96-100(89,90)94-70-75(82)69-93-99(87,88)95-73-76(97-80(85)67-63-59-55-51-47-41-32-28-24-20-16-12-8-4)71-91-78(83)65-61-57-53-49-45-42-38-34-30-26-22-18-14-10-6-2/h9-10,13-14,21-23,25-28,32-36,38-40,43,45,49,75-77,82H,5-8,11-12,15-20,24,29-31,37,41-42,44,46-48,50-74H2,1-4H3,(H,87,88)(H,89,90)/b13-9-,14-10-,25-21-,26-22-,27-23-,32-28-,36-33-,38-34-,39-35-,43-40-,49-45-. The van der Waals surface area contributed by atoms with Crippen LogP contribution in [0.2, 0.25) is 0 Å². The van der Waals surface area contributed by atoms with Crippen molar-refractivity contribution in [2.75, 3.05) is 39.6 Å². The predicted octanol–water partition coefficient (Wildman–Crippen LogP) is 22.1. The molecule has 17 nitrogen and oxygen atoms in total. The van der Waals surface area contributed by atoms with E-state index in [1.54, 1.807) is 0 Å². The van der Waals surface area contributed by atoms with Crippen molar-refractivity contribution in [3.8, 4) is 0 Å². The van der Waals surface area contributed by atoms with Crippen LogP contribution < -0.4 is 0 Å². The number of esters is 4. The molecule has 0 aliphatic heterocycles. The Morgan fingerprint density at radius 3 is 0.850 bits per heavy atom. The molecule has 19 heteroatoms. The lowest BCUT2D eigenvalue weighted by atomic mass is 10.1. The SMILES string of the molecule is CC/C=C\C/C=C\C/C=C\C/C=C\CCCCCCC(=O)OCC(COP(=O)(O)OCC(O)COP(=O)(O)OCC(COC(=O)CCCC/C=C\C/C=C\C/C=C\C/C=C\CC)OC(=O)CCCCCCC/C=C\CCCCCC)OC(=O)CCCCCCC/C=C\C/C=C\CCCCC. The number of allylic oxidation sites excluding steroid dienone is 22. The van der Waals surface area contributed by atoms with Crippen LogP contribution in [0.25, 0.3) is 0 Å². The summed E-state index contributed by atoms with van der Waals surface area (Å²) in [5, 5.41) is 10.6. The van der Waals surface area contributed by atoms with Crippen LogP contribution in [0.5, 0.6) is 0 Å². The molecule has 0 rings (SSSR count). The van der Waals surface area contributed by atoms with Gasteiger partial charge in [0.15, 0.2) is 12.2 Å². The molecule has 0 aromatic rings. The van der Waals surface area contributed by atoms with Crippen molar-refractivity contribution >= 4 is 39.5 Å². The van der Waals surface area contributed by atoms with Crippen LogP contribution >= 0.6 is 15.6 Å². The van der Waals surface area contributed by atoms with E-state index in [2.05, 4.69) is 161 Å². The molecule has 5 atom stereocenters. The summed E-state index contributed by atoms with van der Waals surface area (Å²) in [6, 6.07) is 0. The molecular weight excluding hydrogens is 1310 g/mol. The number of carbonyl (C=O) groups excluding carboxylic acids is 4. The topological polar surface area (TPSA) is 237 Å². The third-order valence-electron chi connectivity index (χ3n) is 15.6. The van der Waals surface area contributed by atoms with Crippen molar-refractivity contribution in [3.05, 3.63) is 134 Å². The second-order valence-corrected chi connectivity index (χ2v) is 28.1. The number of phosphoric acid groups is 2. The number of unbranched alkanes of at least 4 members (excludes halogenated alkanes) is 23. The van der Waals surface area contributed by atoms with Gasteiger partial charge in [-0.1, -0.05) is 245 Å². The van der Waals surface area contributed by atoms with Crippen molar-refractivity contribution in [2.45, 2.75) is 316 Å². The molecule has 0 bridgehead atoms. The molecule has 0 saturated heterocycles. The first kappa shape index (κ1) is 95.2. The molecule has 0 radical (unpaired) electrons. The van der Waals surface area contributed by atoms with Gasteiger partial charge in [-0.2, -0.15) is 0 Å². The molecule has 3 N–H and O–H groups in total. The molecule has 5 unspecified atom stereocenters. The monoisotopic (exact) mass is 1440 g/mol. The van der Waals surface area contributed by atoms with E-state index in [0.717, 1.165) is 173 Å². The smallest absolute Gasteiger partial charge is 0.462 e. The number of carbonyl (C=O) groups is 4. The average Bonchev–Trinajstić information content (AvgIpc) is 1.06. The van der Waals surface area contributed by atoms with E-state index in [1.807, 2.05) is 0 Å². The lowest BCUT2D eigenvalue weighted by Gasteiger charge is -2.21. The molecule has 0 aromatic carbocycles. The van der Waals surface area contributed by atoms with Gasteiger partial charge in [0, 0.05) is 25.7 Å². The summed E-state index contributed by atoms with van der Waals surface area (Å²) in [5.74, 6) is -2.28. The Labute approximate surface area is 605 Å². The summed E-state index contributed by atoms with van der Waals surface area (Å²) in [5.41, 5.74) is 0. The third kappa shape index (κ3) is 71.6. The Morgan fingerprint density at radius 2 is 0.520 bits per heavy atom. The zero-order valence-electron chi connectivity index (χ0n) is 62.3. The van der Waals surface area contributed by atoms with Gasteiger partial charge in [0.2, 0.25) is 0 Å².